The van der Waals surface area contributed by atoms with Gasteiger partial charge >= 0.3 is 0 Å². The summed E-state index contributed by atoms with van der Waals surface area (Å²) in [5.74, 6) is 0. The molecule has 0 aliphatic heterocycles. The molecular weight excluding hydrogens is 162 g/mol. The van der Waals surface area contributed by atoms with Gasteiger partial charge in [-0.3, -0.25) is 4.55 Å². The van der Waals surface area contributed by atoms with Crippen molar-refractivity contribution in [3.63, 3.8) is 0 Å². The maximum Gasteiger partial charge on any atom is 0.249 e. The number of nitrogens with zero attached hydrogens (tertiary/aromatic N) is 1. The Hall–Kier alpha value is 0.1000. The molecule has 0 spiro atoms. The highest BCUT2D eigenvalue weighted by Crippen LogP contribution is 1.95. The molecule has 0 aliphatic carbocycles. The molecule has 0 aromatic rings. The van der Waals surface area contributed by atoms with Crippen LogP contribution < -0.4 is 0 Å². The summed E-state index contributed by atoms with van der Waals surface area (Å²) in [4.78, 5) is 0. The van der Waals surface area contributed by atoms with Gasteiger partial charge in [-0.2, -0.15) is 0 Å². The van der Waals surface area contributed by atoms with E-state index in [1.807, 2.05) is 6.92 Å². The van der Waals surface area contributed by atoms with Crippen LogP contribution in [0.3, 0.4) is 0 Å². The molecule has 1 unspecified atom stereocenters. The van der Waals surface area contributed by atoms with E-state index in [1.165, 1.54) is 0 Å². The predicted octanol–water partition coefficient (Wildman–Crippen LogP) is 1.16. The highest BCUT2D eigenvalue weighted by Gasteiger charge is 2.01. The van der Waals surface area contributed by atoms with Crippen LogP contribution in [0.2, 0.25) is 0 Å². The third-order valence-corrected chi connectivity index (χ3v) is 1.63. The van der Waals surface area contributed by atoms with E-state index in [9.17, 15) is 4.21 Å². The zero-order valence-corrected chi connectivity index (χ0v) is 6.52. The Labute approximate surface area is 61.8 Å². The minimum absolute atomic E-state index is 0.279. The summed E-state index contributed by atoms with van der Waals surface area (Å²) >= 11 is 3.16. The smallest absolute Gasteiger partial charge is 0.249 e. The molecule has 0 amide bonds. The standard InChI is InChI=1S/C4H8ClNO2S/c1-2-3-4-6(5)9(7)8/h2-3H,4H2,1H3,(H,7,8). The average Bonchev–Trinajstić information content (AvgIpc) is 1.82. The second-order valence-corrected chi connectivity index (χ2v) is 2.81. The van der Waals surface area contributed by atoms with Crippen molar-refractivity contribution in [3.8, 4) is 0 Å². The monoisotopic (exact) mass is 169 g/mol. The van der Waals surface area contributed by atoms with E-state index in [4.69, 9.17) is 16.3 Å². The first kappa shape index (κ1) is 9.10. The van der Waals surface area contributed by atoms with Gasteiger partial charge in [-0.15, -0.1) is 3.82 Å². The molecule has 1 atom stereocenters. The highest BCUT2D eigenvalue weighted by atomic mass is 35.5. The molecule has 5 heteroatoms. The van der Waals surface area contributed by atoms with Gasteiger partial charge in [0.1, 0.15) is 0 Å². The molecule has 54 valence electrons. The summed E-state index contributed by atoms with van der Waals surface area (Å²) in [6.07, 6.45) is 3.43. The fourth-order valence-corrected chi connectivity index (χ4v) is 0.545. The van der Waals surface area contributed by atoms with Gasteiger partial charge in [-0.1, -0.05) is 12.2 Å². The first-order valence-electron chi connectivity index (χ1n) is 2.34. The van der Waals surface area contributed by atoms with Crippen molar-refractivity contribution in [2.75, 3.05) is 6.54 Å². The Balaban J connectivity index is 3.50. The summed E-state index contributed by atoms with van der Waals surface area (Å²) in [5.41, 5.74) is 0. The first-order valence-corrected chi connectivity index (χ1v) is 3.74. The maximum atomic E-state index is 10.1. The first-order chi connectivity index (χ1) is 4.18. The lowest BCUT2D eigenvalue weighted by Crippen LogP contribution is -2.13. The zero-order valence-electron chi connectivity index (χ0n) is 4.95. The molecule has 1 N–H and O–H groups in total. The lowest BCUT2D eigenvalue weighted by Gasteiger charge is -2.01. The van der Waals surface area contributed by atoms with Crippen molar-refractivity contribution >= 4 is 23.0 Å². The van der Waals surface area contributed by atoms with Crippen LogP contribution in [0, 0.1) is 0 Å². The van der Waals surface area contributed by atoms with Gasteiger partial charge in [0.15, 0.2) is 0 Å². The van der Waals surface area contributed by atoms with E-state index in [-0.39, 0.29) is 6.54 Å². The van der Waals surface area contributed by atoms with E-state index in [1.54, 1.807) is 12.2 Å². The minimum Gasteiger partial charge on any atom is -0.293 e. The molecule has 0 rings (SSSR count). The van der Waals surface area contributed by atoms with Crippen LogP contribution in [0.15, 0.2) is 12.2 Å². The summed E-state index contributed by atoms with van der Waals surface area (Å²) in [7, 11) is 0. The topological polar surface area (TPSA) is 40.5 Å². The molecule has 0 radical (unpaired) electrons. The Morgan fingerprint density at radius 1 is 1.89 bits per heavy atom. The number of allylic oxidation sites excluding steroid dienone is 1. The van der Waals surface area contributed by atoms with E-state index in [0.717, 1.165) is 3.82 Å². The molecule has 0 aromatic carbocycles. The van der Waals surface area contributed by atoms with E-state index < -0.39 is 11.3 Å². The van der Waals surface area contributed by atoms with Gasteiger partial charge in [0.2, 0.25) is 11.3 Å². The summed E-state index contributed by atoms with van der Waals surface area (Å²) in [6.45, 7) is 2.09. The fraction of sp³-hybridized carbons (Fsp3) is 0.500. The number of hydrogen-bond acceptors (Lipinski definition) is 1. The Kier molecular flexibility index (Phi) is 4.99. The number of hydrogen-bond donors (Lipinski definition) is 1. The van der Waals surface area contributed by atoms with Gasteiger partial charge in [-0.25, -0.2) is 4.21 Å². The molecule has 0 saturated heterocycles. The van der Waals surface area contributed by atoms with Crippen LogP contribution in [0.25, 0.3) is 0 Å². The van der Waals surface area contributed by atoms with Gasteiger partial charge in [0.05, 0.1) is 0 Å². The van der Waals surface area contributed by atoms with Crippen molar-refractivity contribution in [2.45, 2.75) is 6.92 Å². The second kappa shape index (κ2) is 4.93. The predicted molar refractivity (Wildman–Crippen MR) is 38.1 cm³/mol. The van der Waals surface area contributed by atoms with Crippen LogP contribution in [0.5, 0.6) is 0 Å². The van der Waals surface area contributed by atoms with Crippen LogP contribution in [-0.2, 0) is 11.3 Å². The van der Waals surface area contributed by atoms with Crippen molar-refractivity contribution in [2.24, 2.45) is 0 Å². The number of halogens is 1. The van der Waals surface area contributed by atoms with E-state index >= 15 is 0 Å². The van der Waals surface area contributed by atoms with Crippen LogP contribution >= 0.6 is 11.8 Å². The Morgan fingerprint density at radius 3 is 2.78 bits per heavy atom. The SMILES string of the molecule is CC=CCN(Cl)S(=O)O. The van der Waals surface area contributed by atoms with Gasteiger partial charge < -0.3 is 0 Å². The second-order valence-electron chi connectivity index (χ2n) is 1.30. The van der Waals surface area contributed by atoms with E-state index in [2.05, 4.69) is 0 Å². The van der Waals surface area contributed by atoms with Crippen molar-refractivity contribution in [1.82, 2.24) is 3.82 Å². The molecule has 0 fully saturated rings. The molecule has 0 saturated carbocycles. The number of rotatable bonds is 3. The summed E-state index contributed by atoms with van der Waals surface area (Å²) in [5, 5.41) is 0. The molecule has 0 heterocycles. The largest absolute Gasteiger partial charge is 0.293 e. The molecule has 3 nitrogen and oxygen atoms in total. The lowest BCUT2D eigenvalue weighted by atomic mass is 10.5. The maximum absolute atomic E-state index is 10.1. The van der Waals surface area contributed by atoms with Gasteiger partial charge in [0, 0.05) is 6.54 Å². The minimum atomic E-state index is -2.06. The van der Waals surface area contributed by atoms with Gasteiger partial charge in [-0.05, 0) is 18.7 Å². The quantitative estimate of drug-likeness (QED) is 0.391. The molecule has 0 aliphatic rings. The van der Waals surface area contributed by atoms with Gasteiger partial charge in [0.25, 0.3) is 0 Å². The summed E-state index contributed by atoms with van der Waals surface area (Å²) in [6, 6.07) is 0. The Morgan fingerprint density at radius 2 is 2.44 bits per heavy atom. The summed E-state index contributed by atoms with van der Waals surface area (Å²) < 4.78 is 19.1. The van der Waals surface area contributed by atoms with Crippen molar-refractivity contribution < 1.29 is 8.76 Å². The average molecular weight is 170 g/mol. The van der Waals surface area contributed by atoms with Crippen molar-refractivity contribution in [1.29, 1.82) is 0 Å². The molecular formula is C4H8ClNO2S. The van der Waals surface area contributed by atoms with E-state index in [0.29, 0.717) is 0 Å². The lowest BCUT2D eigenvalue weighted by molar-refractivity contribution is 0.519. The third-order valence-electron chi connectivity index (χ3n) is 0.654. The molecule has 0 bridgehead atoms. The third kappa shape index (κ3) is 4.59. The normalized spacial score (nSPS) is 15.1. The van der Waals surface area contributed by atoms with Crippen LogP contribution in [-0.4, -0.2) is 19.1 Å². The fourth-order valence-electron chi connectivity index (χ4n) is 0.252. The highest BCUT2D eigenvalue weighted by molar-refractivity contribution is 7.77. The van der Waals surface area contributed by atoms with Crippen molar-refractivity contribution in [3.05, 3.63) is 12.2 Å². The Bertz CT molecular complexity index is 128. The zero-order chi connectivity index (χ0) is 7.28. The van der Waals surface area contributed by atoms with Crippen LogP contribution in [0.1, 0.15) is 6.92 Å². The molecule has 9 heavy (non-hydrogen) atoms. The van der Waals surface area contributed by atoms with Crippen LogP contribution in [0.4, 0.5) is 0 Å². The molecule has 0 aromatic heterocycles.